The van der Waals surface area contributed by atoms with Crippen molar-refractivity contribution in [2.24, 2.45) is 0 Å². The Labute approximate surface area is 243 Å². The lowest BCUT2D eigenvalue weighted by Gasteiger charge is -2.25. The Hall–Kier alpha value is 1.47. The molecule has 5 nitrogen and oxygen atoms in total. The molecule has 162 valence electrons. The van der Waals surface area contributed by atoms with E-state index in [2.05, 4.69) is 113 Å². The number of hydrogen-bond acceptors (Lipinski definition) is 5. The molecule has 0 amide bonds. The Morgan fingerprint density at radius 2 is 1.43 bits per heavy atom. The number of halogens is 5. The molecule has 0 unspecified atom stereocenters. The van der Waals surface area contributed by atoms with Crippen molar-refractivity contribution in [3.63, 3.8) is 0 Å². The molecule has 0 atom stereocenters. The van der Waals surface area contributed by atoms with E-state index in [4.69, 9.17) is 4.74 Å². The third-order valence-electron chi connectivity index (χ3n) is 4.92. The van der Waals surface area contributed by atoms with Gasteiger partial charge in [0.1, 0.15) is 15.9 Å². The van der Waals surface area contributed by atoms with Crippen molar-refractivity contribution in [2.45, 2.75) is 42.9 Å². The second-order valence-corrected chi connectivity index (χ2v) is 13.6. The van der Waals surface area contributed by atoms with Gasteiger partial charge in [-0.2, -0.15) is 0 Å². The predicted molar refractivity (Wildman–Crippen MR) is 155 cm³/mol. The maximum Gasteiger partial charge on any atom is 0.345 e. The lowest BCUT2D eigenvalue weighted by atomic mass is 9.84. The van der Waals surface area contributed by atoms with Crippen molar-refractivity contribution < 1.29 is 22.5 Å². The van der Waals surface area contributed by atoms with E-state index < -0.39 is 16.1 Å². The average molecular weight is 989 g/mol. The molecule has 0 bridgehead atoms. The van der Waals surface area contributed by atoms with Crippen LogP contribution in [-0.2, 0) is 10.1 Å². The monoisotopic (exact) mass is 989 g/mol. The van der Waals surface area contributed by atoms with Crippen molar-refractivity contribution in [3.8, 4) is 5.75 Å². The van der Waals surface area contributed by atoms with Gasteiger partial charge in [0.25, 0.3) is 0 Å². The lowest BCUT2D eigenvalue weighted by Crippen LogP contribution is -2.16. The summed E-state index contributed by atoms with van der Waals surface area (Å²) < 4.78 is 45.7. The van der Waals surface area contributed by atoms with Gasteiger partial charge in [-0.25, -0.2) is 13.2 Å². The summed E-state index contributed by atoms with van der Waals surface area (Å²) in [7, 11) is -4.61. The molecule has 30 heavy (non-hydrogen) atoms. The number of benzene rings is 2. The van der Waals surface area contributed by atoms with Crippen molar-refractivity contribution in [1.29, 1.82) is 0 Å². The van der Waals surface area contributed by atoms with Crippen LogP contribution in [0.25, 0.3) is 0 Å². The minimum absolute atomic E-state index is 0.0170. The second kappa shape index (κ2) is 10.8. The molecule has 1 aliphatic rings. The zero-order valence-electron chi connectivity index (χ0n) is 15.2. The van der Waals surface area contributed by atoms with Gasteiger partial charge in [0.2, 0.25) is 0 Å². The molecule has 0 N–H and O–H groups in total. The van der Waals surface area contributed by atoms with E-state index in [0.717, 1.165) is 50.0 Å². The number of ether oxygens (including phenoxy) is 1. The highest BCUT2D eigenvalue weighted by atomic mass is 127. The van der Waals surface area contributed by atoms with Crippen LogP contribution in [0.4, 0.5) is 0 Å². The molecule has 0 heterocycles. The van der Waals surface area contributed by atoms with Gasteiger partial charge in [-0.05, 0) is 155 Å². The van der Waals surface area contributed by atoms with E-state index in [1.165, 1.54) is 12.1 Å². The molecule has 0 radical (unpaired) electrons. The number of carbonyl (C=O) groups is 1. The average Bonchev–Trinajstić information content (AvgIpc) is 2.70. The van der Waals surface area contributed by atoms with Crippen molar-refractivity contribution >= 4 is 129 Å². The Kier molecular flexibility index (Phi) is 9.40. The molecular formula is C19H14I5O5S-. The van der Waals surface area contributed by atoms with Gasteiger partial charge < -0.3 is 9.29 Å². The van der Waals surface area contributed by atoms with Gasteiger partial charge in [0, 0.05) is 17.9 Å². The molecule has 0 aromatic heterocycles. The summed E-state index contributed by atoms with van der Waals surface area (Å²) in [5.41, 5.74) is 0.955. The molecule has 2 aromatic carbocycles. The molecule has 1 saturated carbocycles. The van der Waals surface area contributed by atoms with Gasteiger partial charge in [-0.15, -0.1) is 0 Å². The van der Waals surface area contributed by atoms with Gasteiger partial charge in [-0.3, -0.25) is 0 Å². The number of rotatable bonds is 4. The first-order chi connectivity index (χ1) is 14.0. The Bertz CT molecular complexity index is 1080. The van der Waals surface area contributed by atoms with Crippen LogP contribution < -0.4 is 4.74 Å². The van der Waals surface area contributed by atoms with E-state index in [9.17, 15) is 17.8 Å². The van der Waals surface area contributed by atoms with E-state index in [1.807, 2.05) is 0 Å². The smallest absolute Gasteiger partial charge is 0.345 e. The van der Waals surface area contributed by atoms with Crippen LogP contribution in [-0.4, -0.2) is 18.9 Å². The van der Waals surface area contributed by atoms with E-state index in [1.54, 1.807) is 6.07 Å². The fraction of sp³-hybridized carbons (Fsp3) is 0.316. The van der Waals surface area contributed by atoms with Gasteiger partial charge >= 0.3 is 5.97 Å². The quantitative estimate of drug-likeness (QED) is 0.0835. The van der Waals surface area contributed by atoms with Gasteiger partial charge in [-0.1, -0.05) is 19.3 Å². The zero-order valence-corrected chi connectivity index (χ0v) is 26.8. The maximum atomic E-state index is 13.0. The van der Waals surface area contributed by atoms with Gasteiger partial charge in [0.15, 0.2) is 0 Å². The van der Waals surface area contributed by atoms with Gasteiger partial charge in [0.05, 0.1) is 10.5 Å². The summed E-state index contributed by atoms with van der Waals surface area (Å²) in [6.07, 6.45) is 4.73. The zero-order chi connectivity index (χ0) is 22.2. The first kappa shape index (κ1) is 26.1. The molecular weight excluding hydrogens is 975 g/mol. The highest BCUT2D eigenvalue weighted by Crippen LogP contribution is 2.38. The standard InChI is InChI=1S/C19H15I5O5S/c20-14-13(15(21)17(23)18(24)16(14)22)19(25)29-10-6-7-12(30(26,27)28)11(8-10)9-4-2-1-3-5-9/h6-9H,1-5H2,(H,26,27,28)/p-1. The third-order valence-corrected chi connectivity index (χ3v) is 15.4. The lowest BCUT2D eigenvalue weighted by molar-refractivity contribution is 0.0732. The maximum absolute atomic E-state index is 13.0. The van der Waals surface area contributed by atoms with Crippen LogP contribution >= 0.6 is 113 Å². The van der Waals surface area contributed by atoms with E-state index >= 15 is 0 Å². The van der Waals surface area contributed by atoms with Crippen molar-refractivity contribution in [2.75, 3.05) is 0 Å². The molecule has 1 aliphatic carbocycles. The summed E-state index contributed by atoms with van der Waals surface area (Å²) in [6, 6.07) is 4.21. The van der Waals surface area contributed by atoms with Crippen LogP contribution in [0.3, 0.4) is 0 Å². The Balaban J connectivity index is 2.01. The molecule has 0 aliphatic heterocycles. The number of carbonyl (C=O) groups excluding carboxylic acids is 1. The fourth-order valence-electron chi connectivity index (χ4n) is 3.49. The molecule has 11 heteroatoms. The summed E-state index contributed by atoms with van der Waals surface area (Å²) in [4.78, 5) is 12.8. The largest absolute Gasteiger partial charge is 0.744 e. The third kappa shape index (κ3) is 5.75. The minimum Gasteiger partial charge on any atom is -0.744 e. The minimum atomic E-state index is -4.61. The molecule has 1 fully saturated rings. The summed E-state index contributed by atoms with van der Waals surface area (Å²) in [6.45, 7) is 0. The SMILES string of the molecule is O=C(Oc1ccc(S(=O)(=O)[O-])c(C2CCCCC2)c1)c1c(I)c(I)c(I)c(I)c1I. The first-order valence-electron chi connectivity index (χ1n) is 8.85. The predicted octanol–water partition coefficient (Wildman–Crippen LogP) is 6.88. The van der Waals surface area contributed by atoms with Crippen LogP contribution in [0, 0.1) is 17.9 Å². The highest BCUT2D eigenvalue weighted by Gasteiger charge is 2.26. The highest BCUT2D eigenvalue weighted by molar-refractivity contribution is 14.1. The van der Waals surface area contributed by atoms with E-state index in [0.29, 0.717) is 11.1 Å². The molecule has 3 rings (SSSR count). The molecule has 2 aromatic rings. The Morgan fingerprint density at radius 3 is 1.97 bits per heavy atom. The van der Waals surface area contributed by atoms with Crippen LogP contribution in [0.1, 0.15) is 53.9 Å². The van der Waals surface area contributed by atoms with Crippen LogP contribution in [0.15, 0.2) is 23.1 Å². The first-order valence-corrected chi connectivity index (χ1v) is 15.7. The summed E-state index contributed by atoms with van der Waals surface area (Å²) in [5, 5.41) is 0. The van der Waals surface area contributed by atoms with Crippen molar-refractivity contribution in [3.05, 3.63) is 47.2 Å². The molecule has 0 saturated heterocycles. The summed E-state index contributed by atoms with van der Waals surface area (Å²) in [5.74, 6) is -0.261. The fourth-order valence-corrected chi connectivity index (χ4v) is 9.44. The Morgan fingerprint density at radius 1 is 0.900 bits per heavy atom. The van der Waals surface area contributed by atoms with Crippen molar-refractivity contribution in [1.82, 2.24) is 0 Å². The second-order valence-electron chi connectivity index (χ2n) is 6.82. The normalized spacial score (nSPS) is 15.3. The topological polar surface area (TPSA) is 83.5 Å². The number of esters is 1. The number of hydrogen-bond donors (Lipinski definition) is 0. The van der Waals surface area contributed by atoms with Crippen LogP contribution in [0.5, 0.6) is 5.75 Å². The van der Waals surface area contributed by atoms with E-state index in [-0.39, 0.29) is 16.6 Å². The summed E-state index contributed by atoms with van der Waals surface area (Å²) >= 11 is 11.0. The molecule has 0 spiro atoms. The van der Waals surface area contributed by atoms with Crippen LogP contribution in [0.2, 0.25) is 0 Å².